The molecule has 5 heteroatoms. The van der Waals surface area contributed by atoms with Gasteiger partial charge in [0.15, 0.2) is 0 Å². The molecule has 0 fully saturated rings. The van der Waals surface area contributed by atoms with Gasteiger partial charge < -0.3 is 10.1 Å². The van der Waals surface area contributed by atoms with Crippen molar-refractivity contribution in [1.29, 1.82) is 0 Å². The lowest BCUT2D eigenvalue weighted by Crippen LogP contribution is -2.19. The second-order valence-corrected chi connectivity index (χ2v) is 4.82. The number of ether oxygens (including phenoxy) is 1. The molecule has 1 N–H and O–H groups in total. The molecule has 0 heterocycles. The third-order valence-electron chi connectivity index (χ3n) is 2.54. The Labute approximate surface area is 115 Å². The maximum Gasteiger partial charge on any atom is 0.147 e. The summed E-state index contributed by atoms with van der Waals surface area (Å²) in [5.74, 6) is -0.378. The largest absolute Gasteiger partial charge is 0.382 e. The molecule has 0 aliphatic rings. The van der Waals surface area contributed by atoms with Crippen molar-refractivity contribution in [3.63, 3.8) is 0 Å². The van der Waals surface area contributed by atoms with E-state index in [1.165, 1.54) is 0 Å². The van der Waals surface area contributed by atoms with E-state index >= 15 is 0 Å². The van der Waals surface area contributed by atoms with Gasteiger partial charge in [-0.15, -0.1) is 0 Å². The number of benzene rings is 1. The Bertz CT molecular complexity index is 376. The van der Waals surface area contributed by atoms with E-state index in [1.807, 2.05) is 6.92 Å². The summed E-state index contributed by atoms with van der Waals surface area (Å²) in [6.45, 7) is 3.20. The van der Waals surface area contributed by atoms with E-state index in [0.29, 0.717) is 29.7 Å². The molecule has 0 aliphatic heterocycles. The van der Waals surface area contributed by atoms with E-state index in [1.54, 1.807) is 19.2 Å². The quantitative estimate of drug-likeness (QED) is 0.632. The summed E-state index contributed by atoms with van der Waals surface area (Å²) in [4.78, 5) is 0. The molecule has 1 atom stereocenters. The Balaban J connectivity index is 2.85. The Morgan fingerprint density at radius 3 is 2.82 bits per heavy atom. The standard InChI is InChI=1S/C12H16BrClFNO/c1-3-17-7-6-10(16-2)8-4-5-9(13)11(14)12(8)15/h4-5,10,16H,3,6-7H2,1-2H3. The fourth-order valence-electron chi connectivity index (χ4n) is 1.61. The van der Waals surface area contributed by atoms with Crippen LogP contribution in [0.15, 0.2) is 16.6 Å². The molecule has 0 amide bonds. The van der Waals surface area contributed by atoms with Crippen molar-refractivity contribution < 1.29 is 9.13 Å². The number of hydrogen-bond donors (Lipinski definition) is 1. The number of nitrogens with one attached hydrogen (secondary N) is 1. The van der Waals surface area contributed by atoms with Crippen LogP contribution in [0.1, 0.15) is 24.9 Å². The van der Waals surface area contributed by atoms with Crippen LogP contribution in [0.4, 0.5) is 4.39 Å². The van der Waals surface area contributed by atoms with Gasteiger partial charge in [-0.1, -0.05) is 17.7 Å². The fraction of sp³-hybridized carbons (Fsp3) is 0.500. The normalized spacial score (nSPS) is 12.8. The Hall–Kier alpha value is -0.160. The predicted octanol–water partition coefficient (Wildman–Crippen LogP) is 3.93. The van der Waals surface area contributed by atoms with Gasteiger partial charge >= 0.3 is 0 Å². The highest BCUT2D eigenvalue weighted by Gasteiger charge is 2.17. The highest BCUT2D eigenvalue weighted by Crippen LogP contribution is 2.31. The first-order valence-electron chi connectivity index (χ1n) is 5.50. The molecule has 96 valence electrons. The van der Waals surface area contributed by atoms with Crippen LogP contribution < -0.4 is 5.32 Å². The fourth-order valence-corrected chi connectivity index (χ4v) is 2.09. The van der Waals surface area contributed by atoms with Crippen molar-refractivity contribution in [2.24, 2.45) is 0 Å². The summed E-state index contributed by atoms with van der Waals surface area (Å²) in [5, 5.41) is 3.20. The van der Waals surface area contributed by atoms with Gasteiger partial charge in [0.1, 0.15) is 5.82 Å². The van der Waals surface area contributed by atoms with Crippen molar-refractivity contribution in [2.75, 3.05) is 20.3 Å². The third kappa shape index (κ3) is 3.91. The lowest BCUT2D eigenvalue weighted by molar-refractivity contribution is 0.137. The van der Waals surface area contributed by atoms with Crippen LogP contribution in [-0.4, -0.2) is 20.3 Å². The van der Waals surface area contributed by atoms with Crippen molar-refractivity contribution in [3.05, 3.63) is 33.0 Å². The van der Waals surface area contributed by atoms with Crippen LogP contribution in [-0.2, 0) is 4.74 Å². The monoisotopic (exact) mass is 323 g/mol. The molecule has 1 aromatic carbocycles. The van der Waals surface area contributed by atoms with E-state index in [0.717, 1.165) is 0 Å². The minimum Gasteiger partial charge on any atom is -0.382 e. The smallest absolute Gasteiger partial charge is 0.147 e. The molecular weight excluding hydrogens is 308 g/mol. The van der Waals surface area contributed by atoms with E-state index < -0.39 is 0 Å². The molecule has 0 radical (unpaired) electrons. The van der Waals surface area contributed by atoms with Crippen molar-refractivity contribution in [2.45, 2.75) is 19.4 Å². The zero-order chi connectivity index (χ0) is 12.8. The van der Waals surface area contributed by atoms with Crippen LogP contribution in [0.3, 0.4) is 0 Å². The Morgan fingerprint density at radius 1 is 1.53 bits per heavy atom. The SMILES string of the molecule is CCOCCC(NC)c1ccc(Br)c(Cl)c1F. The van der Waals surface area contributed by atoms with Crippen molar-refractivity contribution in [3.8, 4) is 0 Å². The van der Waals surface area contributed by atoms with E-state index in [4.69, 9.17) is 16.3 Å². The summed E-state index contributed by atoms with van der Waals surface area (Å²) >= 11 is 9.06. The number of rotatable bonds is 6. The van der Waals surface area contributed by atoms with Gasteiger partial charge in [0.2, 0.25) is 0 Å². The summed E-state index contributed by atoms with van der Waals surface area (Å²) in [6.07, 6.45) is 0.708. The predicted molar refractivity (Wildman–Crippen MR) is 72.0 cm³/mol. The van der Waals surface area contributed by atoms with Crippen LogP contribution in [0.25, 0.3) is 0 Å². The zero-order valence-corrected chi connectivity index (χ0v) is 12.2. The summed E-state index contributed by atoms with van der Waals surface area (Å²) in [7, 11) is 1.80. The maximum absolute atomic E-state index is 14.0. The topological polar surface area (TPSA) is 21.3 Å². The molecule has 0 aromatic heterocycles. The van der Waals surface area contributed by atoms with Gasteiger partial charge in [-0.2, -0.15) is 0 Å². The average molecular weight is 325 g/mol. The number of hydrogen-bond acceptors (Lipinski definition) is 2. The first-order valence-corrected chi connectivity index (χ1v) is 6.67. The Kier molecular flexibility index (Phi) is 6.41. The second kappa shape index (κ2) is 7.31. The molecule has 0 saturated carbocycles. The molecule has 1 rings (SSSR count). The first-order chi connectivity index (χ1) is 8.11. The van der Waals surface area contributed by atoms with Gasteiger partial charge in [0.25, 0.3) is 0 Å². The lowest BCUT2D eigenvalue weighted by Gasteiger charge is -2.18. The average Bonchev–Trinajstić information content (AvgIpc) is 2.33. The third-order valence-corrected chi connectivity index (χ3v) is 3.80. The molecule has 0 saturated heterocycles. The molecule has 17 heavy (non-hydrogen) atoms. The molecular formula is C12H16BrClFNO. The molecule has 0 bridgehead atoms. The highest BCUT2D eigenvalue weighted by atomic mass is 79.9. The highest BCUT2D eigenvalue weighted by molar-refractivity contribution is 9.10. The summed E-state index contributed by atoms with van der Waals surface area (Å²) in [6, 6.07) is 3.40. The zero-order valence-electron chi connectivity index (χ0n) is 9.90. The van der Waals surface area contributed by atoms with Crippen molar-refractivity contribution >= 4 is 27.5 Å². The minimum absolute atomic E-state index is 0.0906. The van der Waals surface area contributed by atoms with Gasteiger partial charge in [0, 0.05) is 29.3 Å². The van der Waals surface area contributed by atoms with E-state index in [2.05, 4.69) is 21.2 Å². The van der Waals surface area contributed by atoms with Crippen LogP contribution >= 0.6 is 27.5 Å². The molecule has 2 nitrogen and oxygen atoms in total. The maximum atomic E-state index is 14.0. The van der Waals surface area contributed by atoms with Crippen LogP contribution in [0.2, 0.25) is 5.02 Å². The van der Waals surface area contributed by atoms with E-state index in [9.17, 15) is 4.39 Å². The van der Waals surface area contributed by atoms with Crippen molar-refractivity contribution in [1.82, 2.24) is 5.32 Å². The van der Waals surface area contributed by atoms with Crippen LogP contribution in [0, 0.1) is 5.82 Å². The van der Waals surface area contributed by atoms with Crippen LogP contribution in [0.5, 0.6) is 0 Å². The molecule has 0 aliphatic carbocycles. The summed E-state index contributed by atoms with van der Waals surface area (Å²) < 4.78 is 19.8. The van der Waals surface area contributed by atoms with Gasteiger partial charge in [-0.25, -0.2) is 4.39 Å². The van der Waals surface area contributed by atoms with Gasteiger partial charge in [-0.05, 0) is 42.4 Å². The lowest BCUT2D eigenvalue weighted by atomic mass is 10.0. The Morgan fingerprint density at radius 2 is 2.24 bits per heavy atom. The first kappa shape index (κ1) is 14.9. The molecule has 1 unspecified atom stereocenters. The minimum atomic E-state index is -0.378. The van der Waals surface area contributed by atoms with E-state index in [-0.39, 0.29) is 16.9 Å². The number of halogens is 3. The molecule has 1 aromatic rings. The van der Waals surface area contributed by atoms with Gasteiger partial charge in [-0.3, -0.25) is 0 Å². The van der Waals surface area contributed by atoms with Gasteiger partial charge in [0.05, 0.1) is 5.02 Å². The summed E-state index contributed by atoms with van der Waals surface area (Å²) in [5.41, 5.74) is 0.570. The molecule has 0 spiro atoms. The second-order valence-electron chi connectivity index (χ2n) is 3.59.